The van der Waals surface area contributed by atoms with Gasteiger partial charge < -0.3 is 15.2 Å². The second-order valence-corrected chi connectivity index (χ2v) is 9.84. The van der Waals surface area contributed by atoms with E-state index in [1.807, 2.05) is 38.1 Å². The molecule has 0 spiro atoms. The Morgan fingerprint density at radius 3 is 2.74 bits per heavy atom. The standard InChI is InChI=1S/C28H32N4O3/c1-4-5-6-10-18(2)29-25(33)19-11-9-12-20(17-19)32-26(34)28(3)24-22(15-16-31(28)27(32)35)21-13-7-8-14-23(21)30-24/h7-9,11-14,17-18,30H,4-6,10,15-16H2,1-3H3,(H,29,33). The Hall–Kier alpha value is -3.61. The zero-order valence-electron chi connectivity index (χ0n) is 20.6. The highest BCUT2D eigenvalue weighted by Gasteiger charge is 2.59. The van der Waals surface area contributed by atoms with Crippen LogP contribution in [0.25, 0.3) is 10.9 Å². The summed E-state index contributed by atoms with van der Waals surface area (Å²) in [6, 6.07) is 14.5. The van der Waals surface area contributed by atoms with E-state index in [4.69, 9.17) is 0 Å². The highest BCUT2D eigenvalue weighted by Crippen LogP contribution is 2.45. The molecular weight excluding hydrogens is 440 g/mol. The number of imide groups is 1. The quantitative estimate of drug-likeness (QED) is 0.370. The van der Waals surface area contributed by atoms with Gasteiger partial charge in [0, 0.05) is 29.1 Å². The second-order valence-electron chi connectivity index (χ2n) is 9.84. The first kappa shape index (κ1) is 23.1. The summed E-state index contributed by atoms with van der Waals surface area (Å²) in [5, 5.41) is 4.13. The van der Waals surface area contributed by atoms with Crippen molar-refractivity contribution < 1.29 is 14.4 Å². The average Bonchev–Trinajstić information content (AvgIpc) is 3.33. The molecule has 1 fully saturated rings. The van der Waals surface area contributed by atoms with Crippen LogP contribution in [0.1, 0.15) is 68.1 Å². The first-order valence-corrected chi connectivity index (χ1v) is 12.5. The molecule has 2 atom stereocenters. The number of amides is 4. The van der Waals surface area contributed by atoms with Crippen molar-refractivity contribution in [3.63, 3.8) is 0 Å². The Kier molecular flexibility index (Phi) is 5.87. The van der Waals surface area contributed by atoms with Crippen molar-refractivity contribution in [2.24, 2.45) is 0 Å². The molecule has 2 N–H and O–H groups in total. The van der Waals surface area contributed by atoms with Gasteiger partial charge in [0.2, 0.25) is 0 Å². The number of carbonyl (C=O) groups excluding carboxylic acids is 3. The van der Waals surface area contributed by atoms with E-state index in [0.29, 0.717) is 24.2 Å². The van der Waals surface area contributed by atoms with Gasteiger partial charge in [-0.2, -0.15) is 0 Å². The van der Waals surface area contributed by atoms with Crippen molar-refractivity contribution >= 4 is 34.4 Å². The molecule has 0 bridgehead atoms. The zero-order valence-corrected chi connectivity index (χ0v) is 20.6. The molecule has 0 saturated carbocycles. The molecule has 2 aliphatic heterocycles. The molecule has 0 aliphatic carbocycles. The summed E-state index contributed by atoms with van der Waals surface area (Å²) in [6.07, 6.45) is 4.94. The number of para-hydroxylation sites is 1. The lowest BCUT2D eigenvalue weighted by Crippen LogP contribution is -2.49. The van der Waals surface area contributed by atoms with Crippen molar-refractivity contribution in [3.05, 3.63) is 65.4 Å². The largest absolute Gasteiger partial charge is 0.356 e. The van der Waals surface area contributed by atoms with Gasteiger partial charge in [0.15, 0.2) is 5.54 Å². The topological polar surface area (TPSA) is 85.5 Å². The van der Waals surface area contributed by atoms with E-state index in [2.05, 4.69) is 17.2 Å². The number of anilines is 1. The van der Waals surface area contributed by atoms with Gasteiger partial charge in [-0.25, -0.2) is 9.69 Å². The van der Waals surface area contributed by atoms with E-state index >= 15 is 0 Å². The third kappa shape index (κ3) is 3.70. The fourth-order valence-corrected chi connectivity index (χ4v) is 5.49. The fourth-order valence-electron chi connectivity index (χ4n) is 5.49. The summed E-state index contributed by atoms with van der Waals surface area (Å²) in [4.78, 5) is 46.5. The monoisotopic (exact) mass is 472 g/mol. The lowest BCUT2D eigenvalue weighted by atomic mass is 9.87. The molecule has 0 radical (unpaired) electrons. The van der Waals surface area contributed by atoms with Crippen molar-refractivity contribution in [1.82, 2.24) is 15.2 Å². The van der Waals surface area contributed by atoms with Crippen LogP contribution in [0.4, 0.5) is 10.5 Å². The highest BCUT2D eigenvalue weighted by atomic mass is 16.2. The number of rotatable bonds is 7. The number of carbonyl (C=O) groups is 3. The number of unbranched alkanes of at least 4 members (excludes halogenated alkanes) is 2. The summed E-state index contributed by atoms with van der Waals surface area (Å²) < 4.78 is 0. The van der Waals surface area contributed by atoms with Crippen LogP contribution in [-0.4, -0.2) is 40.3 Å². The van der Waals surface area contributed by atoms with Gasteiger partial charge in [-0.15, -0.1) is 0 Å². The minimum atomic E-state index is -1.12. The number of fused-ring (bicyclic) bond motifs is 5. The van der Waals surface area contributed by atoms with Crippen LogP contribution in [-0.2, 0) is 16.8 Å². The predicted molar refractivity (Wildman–Crippen MR) is 136 cm³/mol. The number of urea groups is 1. The minimum absolute atomic E-state index is 0.0566. The predicted octanol–water partition coefficient (Wildman–Crippen LogP) is 5.11. The fraction of sp³-hybridized carbons (Fsp3) is 0.393. The van der Waals surface area contributed by atoms with Crippen molar-refractivity contribution in [3.8, 4) is 0 Å². The maximum absolute atomic E-state index is 13.9. The van der Waals surface area contributed by atoms with E-state index in [1.54, 1.807) is 29.2 Å². The molecule has 7 nitrogen and oxygen atoms in total. The van der Waals surface area contributed by atoms with Crippen molar-refractivity contribution in [2.75, 3.05) is 11.4 Å². The van der Waals surface area contributed by atoms with Gasteiger partial charge in [0.25, 0.3) is 11.8 Å². The van der Waals surface area contributed by atoms with Crippen LogP contribution in [0.2, 0.25) is 0 Å². The smallest absolute Gasteiger partial charge is 0.332 e. The number of aromatic amines is 1. The summed E-state index contributed by atoms with van der Waals surface area (Å²) in [6.45, 7) is 6.43. The van der Waals surface area contributed by atoms with Crippen LogP contribution in [0, 0.1) is 0 Å². The number of aromatic nitrogens is 1. The Labute approximate surface area is 205 Å². The summed E-state index contributed by atoms with van der Waals surface area (Å²) in [5.41, 5.74) is 2.57. The van der Waals surface area contributed by atoms with Gasteiger partial charge in [-0.3, -0.25) is 9.59 Å². The Morgan fingerprint density at radius 2 is 1.94 bits per heavy atom. The van der Waals surface area contributed by atoms with Gasteiger partial charge in [0.1, 0.15) is 0 Å². The Balaban J connectivity index is 1.43. The maximum Gasteiger partial charge on any atom is 0.332 e. The van der Waals surface area contributed by atoms with Crippen LogP contribution < -0.4 is 10.2 Å². The molecule has 3 aromatic rings. The number of nitrogens with one attached hydrogen (secondary N) is 2. The molecule has 2 aromatic carbocycles. The molecule has 2 unspecified atom stereocenters. The van der Waals surface area contributed by atoms with Gasteiger partial charge in [0.05, 0.1) is 11.4 Å². The number of hydrogen-bond donors (Lipinski definition) is 2. The maximum atomic E-state index is 13.9. The SMILES string of the molecule is CCCCCC(C)NC(=O)c1cccc(N2C(=O)N3CCc4c([nH]c5ccccc45)C3(C)C2=O)c1. The van der Waals surface area contributed by atoms with E-state index in [1.165, 1.54) is 4.90 Å². The van der Waals surface area contributed by atoms with E-state index in [0.717, 1.165) is 47.8 Å². The third-order valence-electron chi connectivity index (χ3n) is 7.45. The number of nitrogens with zero attached hydrogens (tertiary/aromatic N) is 2. The summed E-state index contributed by atoms with van der Waals surface area (Å²) in [7, 11) is 0. The number of benzene rings is 2. The Morgan fingerprint density at radius 1 is 1.14 bits per heavy atom. The normalized spacial score (nSPS) is 20.2. The van der Waals surface area contributed by atoms with Gasteiger partial charge in [-0.1, -0.05) is 50.5 Å². The molecule has 35 heavy (non-hydrogen) atoms. The summed E-state index contributed by atoms with van der Waals surface area (Å²) >= 11 is 0. The van der Waals surface area contributed by atoms with Crippen molar-refractivity contribution in [1.29, 1.82) is 0 Å². The summed E-state index contributed by atoms with van der Waals surface area (Å²) in [5.74, 6) is -0.503. The lowest BCUT2D eigenvalue weighted by Gasteiger charge is -2.35. The van der Waals surface area contributed by atoms with Crippen LogP contribution in [0.15, 0.2) is 48.5 Å². The molecule has 7 heteroatoms. The molecular formula is C28H32N4O3. The van der Waals surface area contributed by atoms with Gasteiger partial charge in [-0.05, 0) is 56.5 Å². The molecule has 3 heterocycles. The van der Waals surface area contributed by atoms with Crippen molar-refractivity contribution in [2.45, 2.75) is 64.5 Å². The lowest BCUT2D eigenvalue weighted by molar-refractivity contribution is -0.125. The highest BCUT2D eigenvalue weighted by molar-refractivity contribution is 6.24. The molecule has 1 saturated heterocycles. The molecule has 2 aliphatic rings. The molecule has 182 valence electrons. The number of H-pyrrole nitrogens is 1. The van der Waals surface area contributed by atoms with E-state index in [9.17, 15) is 14.4 Å². The van der Waals surface area contributed by atoms with E-state index < -0.39 is 5.54 Å². The third-order valence-corrected chi connectivity index (χ3v) is 7.45. The molecule has 4 amide bonds. The average molecular weight is 473 g/mol. The van der Waals surface area contributed by atoms with Crippen LogP contribution in [0.5, 0.6) is 0 Å². The first-order chi connectivity index (χ1) is 16.9. The zero-order chi connectivity index (χ0) is 24.7. The number of hydrogen-bond acceptors (Lipinski definition) is 3. The molecule has 1 aromatic heterocycles. The van der Waals surface area contributed by atoms with Crippen LogP contribution >= 0.6 is 0 Å². The van der Waals surface area contributed by atoms with Crippen LogP contribution in [0.3, 0.4) is 0 Å². The van der Waals surface area contributed by atoms with E-state index in [-0.39, 0.29) is 23.9 Å². The second kappa shape index (κ2) is 8.87. The first-order valence-electron chi connectivity index (χ1n) is 12.5. The molecule has 5 rings (SSSR count). The minimum Gasteiger partial charge on any atom is -0.356 e. The van der Waals surface area contributed by atoms with Gasteiger partial charge >= 0.3 is 6.03 Å². The Bertz CT molecular complexity index is 1310.